The van der Waals surface area contributed by atoms with Crippen LogP contribution in [-0.2, 0) is 0 Å². The lowest BCUT2D eigenvalue weighted by Crippen LogP contribution is -2.23. The molecule has 0 atom stereocenters. The Kier molecular flexibility index (Phi) is 10.7. The van der Waals surface area contributed by atoms with Crippen molar-refractivity contribution in [3.63, 3.8) is 0 Å². The highest BCUT2D eigenvalue weighted by Gasteiger charge is 1.93. The Labute approximate surface area is 102 Å². The van der Waals surface area contributed by atoms with Gasteiger partial charge in [0, 0.05) is 18.3 Å². The first-order valence-electron chi connectivity index (χ1n) is 6.75. The standard InChI is InChI=1S/C14H30N2/c1-13(2)15-11-9-7-5-6-8-10-12-16-14(3)4/h14-16H,1,5-12H2,2-4H3. The largest absolute Gasteiger partial charge is 0.389 e. The van der Waals surface area contributed by atoms with E-state index in [1.807, 2.05) is 6.92 Å². The summed E-state index contributed by atoms with van der Waals surface area (Å²) in [4.78, 5) is 0. The van der Waals surface area contributed by atoms with Crippen molar-refractivity contribution >= 4 is 0 Å². The monoisotopic (exact) mass is 226 g/mol. The second-order valence-corrected chi connectivity index (χ2v) is 4.94. The summed E-state index contributed by atoms with van der Waals surface area (Å²) in [5.41, 5.74) is 1.08. The number of hydrogen-bond donors (Lipinski definition) is 2. The summed E-state index contributed by atoms with van der Waals surface area (Å²) in [5, 5.41) is 6.71. The van der Waals surface area contributed by atoms with Crippen LogP contribution in [0, 0.1) is 0 Å². The molecule has 0 spiro atoms. The molecule has 96 valence electrons. The lowest BCUT2D eigenvalue weighted by molar-refractivity contribution is 0.530. The van der Waals surface area contributed by atoms with E-state index in [0.717, 1.165) is 12.2 Å². The Morgan fingerprint density at radius 1 is 0.938 bits per heavy atom. The fourth-order valence-corrected chi connectivity index (χ4v) is 1.65. The highest BCUT2D eigenvalue weighted by atomic mass is 14.9. The molecule has 0 aromatic rings. The minimum absolute atomic E-state index is 0.633. The van der Waals surface area contributed by atoms with Gasteiger partial charge in [0.05, 0.1) is 0 Å². The van der Waals surface area contributed by atoms with Gasteiger partial charge < -0.3 is 10.6 Å². The van der Waals surface area contributed by atoms with Gasteiger partial charge >= 0.3 is 0 Å². The second kappa shape index (κ2) is 11.0. The van der Waals surface area contributed by atoms with Crippen molar-refractivity contribution in [3.05, 3.63) is 12.3 Å². The van der Waals surface area contributed by atoms with Crippen molar-refractivity contribution in [2.75, 3.05) is 13.1 Å². The van der Waals surface area contributed by atoms with Crippen LogP contribution in [0.2, 0.25) is 0 Å². The third kappa shape index (κ3) is 13.5. The van der Waals surface area contributed by atoms with Crippen molar-refractivity contribution < 1.29 is 0 Å². The molecule has 0 radical (unpaired) electrons. The predicted molar refractivity (Wildman–Crippen MR) is 73.7 cm³/mol. The highest BCUT2D eigenvalue weighted by molar-refractivity contribution is 4.83. The van der Waals surface area contributed by atoms with Crippen LogP contribution in [0.25, 0.3) is 0 Å². The molecule has 0 aromatic heterocycles. The van der Waals surface area contributed by atoms with Gasteiger partial charge in [0.15, 0.2) is 0 Å². The van der Waals surface area contributed by atoms with Gasteiger partial charge in [0.25, 0.3) is 0 Å². The lowest BCUT2D eigenvalue weighted by Gasteiger charge is -2.07. The van der Waals surface area contributed by atoms with E-state index in [4.69, 9.17) is 0 Å². The van der Waals surface area contributed by atoms with E-state index in [1.165, 1.54) is 45.1 Å². The SMILES string of the molecule is C=C(C)NCCCCCCCCNC(C)C. The third-order valence-electron chi connectivity index (χ3n) is 2.58. The van der Waals surface area contributed by atoms with Crippen LogP contribution in [0.5, 0.6) is 0 Å². The number of nitrogens with one attached hydrogen (secondary N) is 2. The first kappa shape index (κ1) is 15.5. The van der Waals surface area contributed by atoms with Gasteiger partial charge in [-0.2, -0.15) is 0 Å². The van der Waals surface area contributed by atoms with Crippen molar-refractivity contribution in [1.82, 2.24) is 10.6 Å². The van der Waals surface area contributed by atoms with E-state index in [2.05, 4.69) is 31.1 Å². The second-order valence-electron chi connectivity index (χ2n) is 4.94. The smallest absolute Gasteiger partial charge is 0.0143 e. The van der Waals surface area contributed by atoms with Crippen LogP contribution in [-0.4, -0.2) is 19.1 Å². The maximum Gasteiger partial charge on any atom is 0.0143 e. The summed E-state index contributed by atoms with van der Waals surface area (Å²) in [6.07, 6.45) is 8.07. The molecule has 0 aliphatic carbocycles. The highest BCUT2D eigenvalue weighted by Crippen LogP contribution is 2.04. The Bertz CT molecular complexity index is 164. The van der Waals surface area contributed by atoms with E-state index < -0.39 is 0 Å². The van der Waals surface area contributed by atoms with Gasteiger partial charge in [0.2, 0.25) is 0 Å². The number of unbranched alkanes of at least 4 members (excludes halogenated alkanes) is 5. The summed E-state index contributed by atoms with van der Waals surface area (Å²) in [6.45, 7) is 12.5. The quantitative estimate of drug-likeness (QED) is 0.527. The van der Waals surface area contributed by atoms with E-state index in [-0.39, 0.29) is 0 Å². The average molecular weight is 226 g/mol. The van der Waals surface area contributed by atoms with E-state index in [1.54, 1.807) is 0 Å². The zero-order valence-electron chi connectivity index (χ0n) is 11.4. The number of rotatable bonds is 11. The van der Waals surface area contributed by atoms with E-state index in [0.29, 0.717) is 6.04 Å². The number of hydrogen-bond acceptors (Lipinski definition) is 2. The molecule has 16 heavy (non-hydrogen) atoms. The minimum atomic E-state index is 0.633. The van der Waals surface area contributed by atoms with E-state index >= 15 is 0 Å². The molecule has 2 nitrogen and oxygen atoms in total. The predicted octanol–water partition coefficient (Wildman–Crippen LogP) is 3.45. The average Bonchev–Trinajstić information content (AvgIpc) is 2.20. The first-order valence-corrected chi connectivity index (χ1v) is 6.75. The Hall–Kier alpha value is -0.500. The molecule has 2 heteroatoms. The van der Waals surface area contributed by atoms with Crippen LogP contribution >= 0.6 is 0 Å². The molecule has 0 rings (SSSR count). The van der Waals surface area contributed by atoms with Crippen LogP contribution in [0.3, 0.4) is 0 Å². The zero-order valence-corrected chi connectivity index (χ0v) is 11.4. The Morgan fingerprint density at radius 3 is 1.94 bits per heavy atom. The van der Waals surface area contributed by atoms with Crippen molar-refractivity contribution in [2.24, 2.45) is 0 Å². The Morgan fingerprint density at radius 2 is 1.44 bits per heavy atom. The lowest BCUT2D eigenvalue weighted by atomic mass is 10.1. The summed E-state index contributed by atoms with van der Waals surface area (Å²) in [7, 11) is 0. The van der Waals surface area contributed by atoms with Gasteiger partial charge in [-0.1, -0.05) is 46.1 Å². The summed E-state index contributed by atoms with van der Waals surface area (Å²) < 4.78 is 0. The van der Waals surface area contributed by atoms with E-state index in [9.17, 15) is 0 Å². The van der Waals surface area contributed by atoms with Crippen molar-refractivity contribution in [3.8, 4) is 0 Å². The summed E-state index contributed by atoms with van der Waals surface area (Å²) >= 11 is 0. The van der Waals surface area contributed by atoms with Crippen LogP contribution in [0.15, 0.2) is 12.3 Å². The van der Waals surface area contributed by atoms with Crippen LogP contribution in [0.1, 0.15) is 59.3 Å². The molecule has 0 aromatic carbocycles. The van der Waals surface area contributed by atoms with Crippen LogP contribution < -0.4 is 10.6 Å². The maximum absolute atomic E-state index is 3.82. The van der Waals surface area contributed by atoms with Crippen molar-refractivity contribution in [1.29, 1.82) is 0 Å². The molecule has 0 saturated heterocycles. The fourth-order valence-electron chi connectivity index (χ4n) is 1.65. The summed E-state index contributed by atoms with van der Waals surface area (Å²) in [6, 6.07) is 0.633. The molecule has 2 N–H and O–H groups in total. The molecule has 0 unspecified atom stereocenters. The molecule has 0 bridgehead atoms. The molecule has 0 aliphatic rings. The molecular formula is C14H30N2. The molecular weight excluding hydrogens is 196 g/mol. The maximum atomic E-state index is 3.82. The molecule has 0 heterocycles. The van der Waals surface area contributed by atoms with Gasteiger partial charge in [-0.3, -0.25) is 0 Å². The van der Waals surface area contributed by atoms with Crippen LogP contribution in [0.4, 0.5) is 0 Å². The molecule has 0 aliphatic heterocycles. The van der Waals surface area contributed by atoms with Crippen molar-refractivity contribution in [2.45, 2.75) is 65.3 Å². The molecule has 0 saturated carbocycles. The topological polar surface area (TPSA) is 24.1 Å². The normalized spacial score (nSPS) is 10.8. The van der Waals surface area contributed by atoms with Gasteiger partial charge in [0.1, 0.15) is 0 Å². The minimum Gasteiger partial charge on any atom is -0.389 e. The third-order valence-corrected chi connectivity index (χ3v) is 2.58. The van der Waals surface area contributed by atoms with Gasteiger partial charge in [-0.05, 0) is 26.3 Å². The van der Waals surface area contributed by atoms with Gasteiger partial charge in [-0.15, -0.1) is 0 Å². The summed E-state index contributed by atoms with van der Waals surface area (Å²) in [5.74, 6) is 0. The molecule has 0 fully saturated rings. The fraction of sp³-hybridized carbons (Fsp3) is 0.857. The Balaban J connectivity index is 2.96. The van der Waals surface area contributed by atoms with Gasteiger partial charge in [-0.25, -0.2) is 0 Å². The zero-order chi connectivity index (χ0) is 12.2. The number of allylic oxidation sites excluding steroid dienone is 1. The first-order chi connectivity index (χ1) is 7.63. The molecule has 0 amide bonds.